The van der Waals surface area contributed by atoms with E-state index in [1.165, 1.54) is 0 Å². The maximum Gasteiger partial charge on any atom is 0.246 e. The molecule has 2 rings (SSSR count). The van der Waals surface area contributed by atoms with Gasteiger partial charge in [-0.05, 0) is 44.0 Å². The molecule has 0 aliphatic carbocycles. The number of carbonyl (C=O) groups excluding carboxylic acids is 1. The topological polar surface area (TPSA) is 38.8 Å². The highest BCUT2D eigenvalue weighted by Crippen LogP contribution is 2.24. The normalized spacial score (nSPS) is 14.7. The third-order valence-electron chi connectivity index (χ3n) is 3.48. The quantitative estimate of drug-likeness (QED) is 0.546. The van der Waals surface area contributed by atoms with E-state index in [9.17, 15) is 4.79 Å². The molecule has 0 N–H and O–H groups in total. The maximum absolute atomic E-state index is 12.1. The van der Waals surface area contributed by atoms with Crippen molar-refractivity contribution in [1.29, 1.82) is 0 Å². The molecule has 0 aromatic heterocycles. The van der Waals surface area contributed by atoms with Gasteiger partial charge in [0.25, 0.3) is 0 Å². The first-order valence-corrected chi connectivity index (χ1v) is 8.47. The second-order valence-electron chi connectivity index (χ2n) is 5.09. The number of rotatable bonds is 7. The first-order chi connectivity index (χ1) is 10.7. The van der Waals surface area contributed by atoms with E-state index < -0.39 is 0 Å². The van der Waals surface area contributed by atoms with Crippen LogP contribution in [0.15, 0.2) is 28.7 Å². The number of halogens is 1. The lowest BCUT2D eigenvalue weighted by Gasteiger charge is -2.12. The fourth-order valence-electron chi connectivity index (χ4n) is 2.34. The van der Waals surface area contributed by atoms with Crippen molar-refractivity contribution in [1.82, 2.24) is 4.90 Å². The average molecular weight is 368 g/mol. The average Bonchev–Trinajstić information content (AvgIpc) is 3.05. The van der Waals surface area contributed by atoms with Gasteiger partial charge in [-0.1, -0.05) is 15.9 Å². The maximum atomic E-state index is 12.1. The van der Waals surface area contributed by atoms with Crippen molar-refractivity contribution in [3.8, 4) is 5.75 Å². The van der Waals surface area contributed by atoms with Gasteiger partial charge in [0.2, 0.25) is 5.91 Å². The van der Waals surface area contributed by atoms with Gasteiger partial charge in [-0.2, -0.15) is 0 Å². The van der Waals surface area contributed by atoms with Crippen LogP contribution in [-0.2, 0) is 9.53 Å². The number of likely N-dealkylation sites (tertiary alicyclic amines) is 1. The predicted octanol–water partition coefficient (Wildman–Crippen LogP) is 3.50. The number of amides is 1. The highest BCUT2D eigenvalue weighted by Gasteiger charge is 2.15. The van der Waals surface area contributed by atoms with Gasteiger partial charge >= 0.3 is 0 Å². The van der Waals surface area contributed by atoms with E-state index >= 15 is 0 Å². The SMILES string of the molecule is CCOCCOc1ccc(Br)cc1/C=C/C(=O)N1CCCC1. The van der Waals surface area contributed by atoms with E-state index in [-0.39, 0.29) is 5.91 Å². The standard InChI is InChI=1S/C17H22BrNO3/c1-2-21-11-12-22-16-7-6-15(18)13-14(16)5-8-17(20)19-9-3-4-10-19/h5-8,13H,2-4,9-12H2,1H3/b8-5+. The van der Waals surface area contributed by atoms with Crippen LogP contribution in [0.3, 0.4) is 0 Å². The van der Waals surface area contributed by atoms with Crippen molar-refractivity contribution in [3.05, 3.63) is 34.3 Å². The summed E-state index contributed by atoms with van der Waals surface area (Å²) in [7, 11) is 0. The summed E-state index contributed by atoms with van der Waals surface area (Å²) in [4.78, 5) is 14.0. The van der Waals surface area contributed by atoms with Gasteiger partial charge in [-0.25, -0.2) is 0 Å². The Morgan fingerprint density at radius 2 is 2.09 bits per heavy atom. The summed E-state index contributed by atoms with van der Waals surface area (Å²) >= 11 is 3.45. The van der Waals surface area contributed by atoms with E-state index in [0.717, 1.165) is 41.7 Å². The van der Waals surface area contributed by atoms with Crippen LogP contribution in [0.4, 0.5) is 0 Å². The lowest BCUT2D eigenvalue weighted by atomic mass is 10.2. The minimum Gasteiger partial charge on any atom is -0.491 e. The molecular weight excluding hydrogens is 346 g/mol. The smallest absolute Gasteiger partial charge is 0.246 e. The molecule has 1 aromatic rings. The molecule has 1 amide bonds. The summed E-state index contributed by atoms with van der Waals surface area (Å²) in [5, 5.41) is 0. The number of hydrogen-bond donors (Lipinski definition) is 0. The Kier molecular flexibility index (Phi) is 6.93. The molecule has 1 saturated heterocycles. The van der Waals surface area contributed by atoms with E-state index in [1.54, 1.807) is 6.08 Å². The molecule has 1 heterocycles. The van der Waals surface area contributed by atoms with E-state index in [2.05, 4.69) is 15.9 Å². The predicted molar refractivity (Wildman–Crippen MR) is 91.0 cm³/mol. The molecule has 1 aliphatic heterocycles. The first-order valence-electron chi connectivity index (χ1n) is 7.68. The lowest BCUT2D eigenvalue weighted by Crippen LogP contribution is -2.25. The van der Waals surface area contributed by atoms with Gasteiger partial charge in [0.05, 0.1) is 6.61 Å². The number of benzene rings is 1. The Morgan fingerprint density at radius 3 is 2.82 bits per heavy atom. The molecule has 0 atom stereocenters. The number of carbonyl (C=O) groups is 1. The van der Waals surface area contributed by atoms with Crippen molar-refractivity contribution < 1.29 is 14.3 Å². The third-order valence-corrected chi connectivity index (χ3v) is 3.98. The molecule has 0 saturated carbocycles. The Labute approximate surface area is 140 Å². The third kappa shape index (κ3) is 5.14. The summed E-state index contributed by atoms with van der Waals surface area (Å²) in [6.07, 6.45) is 5.65. The van der Waals surface area contributed by atoms with Gasteiger partial charge in [-0.15, -0.1) is 0 Å². The Hall–Kier alpha value is -1.33. The minimum atomic E-state index is 0.0674. The molecule has 0 spiro atoms. The van der Waals surface area contributed by atoms with Crippen LogP contribution in [0.25, 0.3) is 6.08 Å². The first kappa shape index (κ1) is 17.0. The van der Waals surface area contributed by atoms with Crippen LogP contribution in [0.1, 0.15) is 25.3 Å². The summed E-state index contributed by atoms with van der Waals surface area (Å²) in [6.45, 7) is 5.41. The largest absolute Gasteiger partial charge is 0.491 e. The van der Waals surface area contributed by atoms with Gasteiger partial charge in [0, 0.05) is 35.8 Å². The van der Waals surface area contributed by atoms with Crippen LogP contribution in [0, 0.1) is 0 Å². The zero-order chi connectivity index (χ0) is 15.8. The fraction of sp³-hybridized carbons (Fsp3) is 0.471. The molecule has 1 fully saturated rings. The molecule has 0 bridgehead atoms. The van der Waals surface area contributed by atoms with Crippen molar-refractivity contribution in [2.45, 2.75) is 19.8 Å². The molecule has 22 heavy (non-hydrogen) atoms. The second-order valence-corrected chi connectivity index (χ2v) is 6.01. The zero-order valence-electron chi connectivity index (χ0n) is 12.9. The zero-order valence-corrected chi connectivity index (χ0v) is 14.5. The number of ether oxygens (including phenoxy) is 2. The van der Waals surface area contributed by atoms with Crippen molar-refractivity contribution in [2.75, 3.05) is 32.9 Å². The summed E-state index contributed by atoms with van der Waals surface area (Å²) in [5.74, 6) is 0.825. The van der Waals surface area contributed by atoms with Crippen LogP contribution in [0.5, 0.6) is 5.75 Å². The molecule has 5 heteroatoms. The number of hydrogen-bond acceptors (Lipinski definition) is 3. The molecule has 1 aromatic carbocycles. The Bertz CT molecular complexity index is 525. The molecule has 120 valence electrons. The highest BCUT2D eigenvalue weighted by molar-refractivity contribution is 9.10. The van der Waals surface area contributed by atoms with E-state index in [0.29, 0.717) is 19.8 Å². The molecular formula is C17H22BrNO3. The monoisotopic (exact) mass is 367 g/mol. The fourth-order valence-corrected chi connectivity index (χ4v) is 2.72. The van der Waals surface area contributed by atoms with Crippen molar-refractivity contribution in [2.24, 2.45) is 0 Å². The van der Waals surface area contributed by atoms with Crippen LogP contribution in [-0.4, -0.2) is 43.7 Å². The Morgan fingerprint density at radius 1 is 1.32 bits per heavy atom. The number of nitrogens with zero attached hydrogens (tertiary/aromatic N) is 1. The van der Waals surface area contributed by atoms with Crippen molar-refractivity contribution in [3.63, 3.8) is 0 Å². The van der Waals surface area contributed by atoms with Crippen LogP contribution < -0.4 is 4.74 Å². The van der Waals surface area contributed by atoms with Crippen molar-refractivity contribution >= 4 is 27.9 Å². The molecule has 4 nitrogen and oxygen atoms in total. The summed E-state index contributed by atoms with van der Waals surface area (Å²) < 4.78 is 12.0. The van der Waals surface area contributed by atoms with Crippen LogP contribution in [0.2, 0.25) is 0 Å². The van der Waals surface area contributed by atoms with Crippen LogP contribution >= 0.6 is 15.9 Å². The summed E-state index contributed by atoms with van der Waals surface area (Å²) in [6, 6.07) is 5.77. The molecule has 1 aliphatic rings. The molecule has 0 unspecified atom stereocenters. The van der Waals surface area contributed by atoms with Gasteiger partial charge in [0.15, 0.2) is 0 Å². The molecule has 0 radical (unpaired) electrons. The minimum absolute atomic E-state index is 0.0674. The summed E-state index contributed by atoms with van der Waals surface area (Å²) in [5.41, 5.74) is 0.887. The van der Waals surface area contributed by atoms with Gasteiger partial charge in [-0.3, -0.25) is 4.79 Å². The lowest BCUT2D eigenvalue weighted by molar-refractivity contribution is -0.124. The highest BCUT2D eigenvalue weighted by atomic mass is 79.9. The van der Waals surface area contributed by atoms with Gasteiger partial charge < -0.3 is 14.4 Å². The van der Waals surface area contributed by atoms with E-state index in [1.807, 2.05) is 36.1 Å². The Balaban J connectivity index is 2.01. The van der Waals surface area contributed by atoms with E-state index in [4.69, 9.17) is 9.47 Å². The van der Waals surface area contributed by atoms with Gasteiger partial charge in [0.1, 0.15) is 12.4 Å². The second kappa shape index (κ2) is 8.96.